The summed E-state index contributed by atoms with van der Waals surface area (Å²) < 4.78 is 0. The van der Waals surface area contributed by atoms with E-state index in [1.165, 1.54) is 32.3 Å². The number of benzene rings is 4. The van der Waals surface area contributed by atoms with Crippen LogP contribution < -0.4 is 0 Å². The van der Waals surface area contributed by atoms with Gasteiger partial charge >= 0.3 is 0 Å². The molecule has 0 aliphatic heterocycles. The third kappa shape index (κ3) is 2.13. The van der Waals surface area contributed by atoms with Crippen molar-refractivity contribution < 1.29 is 5.11 Å². The van der Waals surface area contributed by atoms with Gasteiger partial charge in [0, 0.05) is 7.11 Å². The van der Waals surface area contributed by atoms with Gasteiger partial charge in [-0.25, -0.2) is 0 Å². The minimum absolute atomic E-state index is 1.00. The van der Waals surface area contributed by atoms with Crippen LogP contribution in [0.15, 0.2) is 72.8 Å². The molecule has 0 fully saturated rings. The fourth-order valence-corrected chi connectivity index (χ4v) is 2.63. The molecule has 4 aromatic rings. The molecule has 0 heterocycles. The van der Waals surface area contributed by atoms with Gasteiger partial charge in [-0.1, -0.05) is 48.5 Å². The second-order valence-electron chi connectivity index (χ2n) is 4.75. The Hall–Kier alpha value is -2.38. The van der Waals surface area contributed by atoms with Crippen LogP contribution in [0.2, 0.25) is 0 Å². The second-order valence-corrected chi connectivity index (χ2v) is 4.75. The molecule has 0 radical (unpaired) electrons. The van der Waals surface area contributed by atoms with Crippen LogP contribution in [0.5, 0.6) is 0 Å². The first-order valence-corrected chi connectivity index (χ1v) is 6.66. The predicted molar refractivity (Wildman–Crippen MR) is 87.1 cm³/mol. The largest absolute Gasteiger partial charge is 0.400 e. The van der Waals surface area contributed by atoms with Crippen LogP contribution in [0.25, 0.3) is 32.3 Å². The third-order valence-corrected chi connectivity index (χ3v) is 3.57. The number of hydrogen-bond acceptors (Lipinski definition) is 1. The third-order valence-electron chi connectivity index (χ3n) is 3.57. The Labute approximate surface area is 118 Å². The van der Waals surface area contributed by atoms with Crippen molar-refractivity contribution in [2.75, 3.05) is 7.11 Å². The quantitative estimate of drug-likeness (QED) is 0.452. The van der Waals surface area contributed by atoms with Crippen molar-refractivity contribution in [2.45, 2.75) is 0 Å². The molecule has 0 aliphatic carbocycles. The molecule has 1 heteroatoms. The zero-order valence-electron chi connectivity index (χ0n) is 11.4. The zero-order valence-corrected chi connectivity index (χ0v) is 11.4. The highest BCUT2D eigenvalue weighted by Gasteiger charge is 2.00. The van der Waals surface area contributed by atoms with E-state index in [1.54, 1.807) is 0 Å². The maximum Gasteiger partial charge on any atom is 0.0319 e. The topological polar surface area (TPSA) is 20.2 Å². The number of aliphatic hydroxyl groups is 1. The van der Waals surface area contributed by atoms with Gasteiger partial charge in [0.25, 0.3) is 0 Å². The monoisotopic (exact) mass is 260 g/mol. The lowest BCUT2D eigenvalue weighted by atomic mass is 10.00. The summed E-state index contributed by atoms with van der Waals surface area (Å²) in [5.74, 6) is 0. The van der Waals surface area contributed by atoms with Crippen LogP contribution in [-0.2, 0) is 0 Å². The fourth-order valence-electron chi connectivity index (χ4n) is 2.63. The summed E-state index contributed by atoms with van der Waals surface area (Å²) in [7, 11) is 1.00. The van der Waals surface area contributed by atoms with Gasteiger partial charge in [0.2, 0.25) is 0 Å². The maximum absolute atomic E-state index is 7.00. The van der Waals surface area contributed by atoms with E-state index in [9.17, 15) is 0 Å². The lowest BCUT2D eigenvalue weighted by Crippen LogP contribution is -1.78. The molecule has 4 aromatic carbocycles. The van der Waals surface area contributed by atoms with Crippen LogP contribution in [-0.4, -0.2) is 12.2 Å². The van der Waals surface area contributed by atoms with Gasteiger partial charge in [-0.2, -0.15) is 0 Å². The molecule has 20 heavy (non-hydrogen) atoms. The summed E-state index contributed by atoms with van der Waals surface area (Å²) in [5.41, 5.74) is 0. The normalized spacial score (nSPS) is 10.5. The van der Waals surface area contributed by atoms with Gasteiger partial charge in [-0.3, -0.25) is 0 Å². The predicted octanol–water partition coefficient (Wildman–Crippen LogP) is 4.75. The molecule has 1 N–H and O–H groups in total. The first-order valence-electron chi connectivity index (χ1n) is 6.66. The van der Waals surface area contributed by atoms with Crippen molar-refractivity contribution in [2.24, 2.45) is 0 Å². The van der Waals surface area contributed by atoms with E-state index >= 15 is 0 Å². The zero-order chi connectivity index (χ0) is 13.9. The molecule has 0 atom stereocenters. The van der Waals surface area contributed by atoms with E-state index in [-0.39, 0.29) is 0 Å². The molecule has 0 saturated heterocycles. The first-order chi connectivity index (χ1) is 9.90. The molecule has 98 valence electrons. The lowest BCUT2D eigenvalue weighted by Gasteiger charge is -2.04. The van der Waals surface area contributed by atoms with Crippen molar-refractivity contribution in [3.8, 4) is 0 Å². The Kier molecular flexibility index (Phi) is 3.36. The molecule has 0 amide bonds. The Morgan fingerprint density at radius 1 is 0.450 bits per heavy atom. The van der Waals surface area contributed by atoms with Crippen LogP contribution in [0.1, 0.15) is 0 Å². The molecular weight excluding hydrogens is 244 g/mol. The van der Waals surface area contributed by atoms with E-state index in [0.29, 0.717) is 0 Å². The first kappa shape index (κ1) is 12.6. The van der Waals surface area contributed by atoms with E-state index in [0.717, 1.165) is 7.11 Å². The highest BCUT2D eigenvalue weighted by atomic mass is 16.2. The Balaban J connectivity index is 0.000000581. The molecule has 0 aliphatic rings. The van der Waals surface area contributed by atoms with Gasteiger partial charge in [-0.15, -0.1) is 0 Å². The van der Waals surface area contributed by atoms with Crippen molar-refractivity contribution >= 4 is 32.3 Å². The molecule has 1 nitrogen and oxygen atoms in total. The van der Waals surface area contributed by atoms with Crippen LogP contribution >= 0.6 is 0 Å². The second kappa shape index (κ2) is 5.32. The summed E-state index contributed by atoms with van der Waals surface area (Å²) in [6.07, 6.45) is 0. The van der Waals surface area contributed by atoms with Gasteiger partial charge in [-0.05, 0) is 56.6 Å². The van der Waals surface area contributed by atoms with Gasteiger partial charge in [0.1, 0.15) is 0 Å². The summed E-state index contributed by atoms with van der Waals surface area (Å²) in [6.45, 7) is 0. The highest BCUT2D eigenvalue weighted by molar-refractivity contribution is 6.04. The van der Waals surface area contributed by atoms with Crippen molar-refractivity contribution in [1.82, 2.24) is 0 Å². The summed E-state index contributed by atoms with van der Waals surface area (Å²) in [5, 5.41) is 14.8. The van der Waals surface area contributed by atoms with E-state index < -0.39 is 0 Å². The minimum atomic E-state index is 1.00. The number of hydrogen-bond donors (Lipinski definition) is 1. The summed E-state index contributed by atoms with van der Waals surface area (Å²) >= 11 is 0. The van der Waals surface area contributed by atoms with Crippen molar-refractivity contribution in [3.63, 3.8) is 0 Å². The smallest absolute Gasteiger partial charge is 0.0319 e. The van der Waals surface area contributed by atoms with Crippen LogP contribution in [0, 0.1) is 0 Å². The van der Waals surface area contributed by atoms with Gasteiger partial charge in [0.05, 0.1) is 0 Å². The van der Waals surface area contributed by atoms with Gasteiger partial charge in [0.15, 0.2) is 0 Å². The maximum atomic E-state index is 7.00. The Morgan fingerprint density at radius 2 is 0.700 bits per heavy atom. The molecule has 0 spiro atoms. The number of aliphatic hydroxyl groups excluding tert-OH is 1. The van der Waals surface area contributed by atoms with Crippen LogP contribution in [0.4, 0.5) is 0 Å². The van der Waals surface area contributed by atoms with Gasteiger partial charge < -0.3 is 5.11 Å². The fraction of sp³-hybridized carbons (Fsp3) is 0.0526. The van der Waals surface area contributed by atoms with E-state index in [1.807, 2.05) is 0 Å². The Morgan fingerprint density at radius 3 is 0.950 bits per heavy atom. The molecule has 0 aromatic heterocycles. The minimum Gasteiger partial charge on any atom is -0.400 e. The molecule has 0 bridgehead atoms. The molecule has 0 saturated carbocycles. The van der Waals surface area contributed by atoms with Crippen molar-refractivity contribution in [1.29, 1.82) is 0 Å². The average Bonchev–Trinajstić information content (AvgIpc) is 2.52. The Bertz CT molecular complexity index is 734. The molecule has 4 rings (SSSR count). The van der Waals surface area contributed by atoms with E-state index in [2.05, 4.69) is 72.8 Å². The highest BCUT2D eigenvalue weighted by Crippen LogP contribution is 2.27. The number of rotatable bonds is 0. The SMILES string of the molecule is CO.c1ccc2cc3cc4ccccc4cc3cc2c1. The average molecular weight is 260 g/mol. The van der Waals surface area contributed by atoms with Crippen molar-refractivity contribution in [3.05, 3.63) is 72.8 Å². The number of fused-ring (bicyclic) bond motifs is 3. The van der Waals surface area contributed by atoms with Crippen LogP contribution in [0.3, 0.4) is 0 Å². The lowest BCUT2D eigenvalue weighted by molar-refractivity contribution is 0.399. The molecule has 0 unspecified atom stereocenters. The van der Waals surface area contributed by atoms with E-state index in [4.69, 9.17) is 5.11 Å². The summed E-state index contributed by atoms with van der Waals surface area (Å²) in [4.78, 5) is 0. The standard InChI is InChI=1S/C18H12.CH4O/c1-2-6-14-10-18-12-16-8-4-3-7-15(16)11-17(18)9-13(14)5-1;1-2/h1-12H;2H,1H3. The summed E-state index contributed by atoms with van der Waals surface area (Å²) in [6, 6.07) is 26.2. The molecular formula is C19H16O.